The van der Waals surface area contributed by atoms with Gasteiger partial charge in [0.25, 0.3) is 5.91 Å². The Morgan fingerprint density at radius 3 is 2.67 bits per heavy atom. The minimum Gasteiger partial charge on any atom is -0.321 e. The van der Waals surface area contributed by atoms with Crippen LogP contribution in [0.25, 0.3) is 5.82 Å². The SMILES string of the molecule is Cc1cc(Br)c(F)cc1C(=O)Nc1cnc(-n2nccn2)c(Cl)c1. The van der Waals surface area contributed by atoms with Crippen molar-refractivity contribution in [3.8, 4) is 5.82 Å². The monoisotopic (exact) mass is 409 g/mol. The largest absolute Gasteiger partial charge is 0.321 e. The minimum absolute atomic E-state index is 0.227. The molecule has 2 aromatic heterocycles. The Kier molecular flexibility index (Phi) is 4.59. The summed E-state index contributed by atoms with van der Waals surface area (Å²) in [5.74, 6) is -0.630. The van der Waals surface area contributed by atoms with E-state index in [0.717, 1.165) is 0 Å². The molecule has 1 amide bonds. The number of carbonyl (C=O) groups is 1. The molecule has 2 heterocycles. The molecule has 0 unspecified atom stereocenters. The lowest BCUT2D eigenvalue weighted by Gasteiger charge is -2.10. The molecule has 0 bridgehead atoms. The Bertz CT molecular complexity index is 916. The van der Waals surface area contributed by atoms with Crippen LogP contribution in [0.15, 0.2) is 41.3 Å². The molecule has 0 saturated carbocycles. The highest BCUT2D eigenvalue weighted by Crippen LogP contribution is 2.23. The number of hydrogen-bond donors (Lipinski definition) is 1. The van der Waals surface area contributed by atoms with Gasteiger partial charge in [0, 0.05) is 5.56 Å². The van der Waals surface area contributed by atoms with E-state index < -0.39 is 11.7 Å². The summed E-state index contributed by atoms with van der Waals surface area (Å²) in [6, 6.07) is 4.24. The van der Waals surface area contributed by atoms with Crippen molar-refractivity contribution >= 4 is 39.1 Å². The average molecular weight is 411 g/mol. The van der Waals surface area contributed by atoms with Gasteiger partial charge in [0.1, 0.15) is 5.82 Å². The standard InChI is InChI=1S/C15H10BrClFN5O/c1-8-4-11(16)13(18)6-10(8)15(24)22-9-5-12(17)14(19-7-9)23-20-2-3-21-23/h2-7H,1H3,(H,22,24). The maximum atomic E-state index is 13.7. The quantitative estimate of drug-likeness (QED) is 0.713. The third kappa shape index (κ3) is 3.29. The number of aryl methyl sites for hydroxylation is 1. The zero-order valence-corrected chi connectivity index (χ0v) is 14.6. The van der Waals surface area contributed by atoms with Crippen LogP contribution in [0, 0.1) is 12.7 Å². The van der Waals surface area contributed by atoms with Crippen molar-refractivity contribution in [3.05, 3.63) is 63.2 Å². The van der Waals surface area contributed by atoms with E-state index in [4.69, 9.17) is 11.6 Å². The molecule has 1 N–H and O–H groups in total. The Labute approximate surface area is 149 Å². The van der Waals surface area contributed by atoms with Crippen molar-refractivity contribution in [1.29, 1.82) is 0 Å². The van der Waals surface area contributed by atoms with Crippen molar-refractivity contribution < 1.29 is 9.18 Å². The van der Waals surface area contributed by atoms with Crippen molar-refractivity contribution in [1.82, 2.24) is 20.0 Å². The van der Waals surface area contributed by atoms with Gasteiger partial charge in [-0.3, -0.25) is 4.79 Å². The Morgan fingerprint density at radius 1 is 1.29 bits per heavy atom. The number of benzene rings is 1. The van der Waals surface area contributed by atoms with Gasteiger partial charge in [-0.1, -0.05) is 11.6 Å². The Balaban J connectivity index is 1.85. The first-order valence-corrected chi connectivity index (χ1v) is 7.92. The molecule has 1 aromatic carbocycles. The van der Waals surface area contributed by atoms with Crippen LogP contribution in [-0.4, -0.2) is 25.9 Å². The fourth-order valence-electron chi connectivity index (χ4n) is 2.06. The molecule has 0 aliphatic rings. The van der Waals surface area contributed by atoms with E-state index in [-0.39, 0.29) is 10.6 Å². The zero-order chi connectivity index (χ0) is 17.3. The van der Waals surface area contributed by atoms with Gasteiger partial charge in [0.05, 0.1) is 33.8 Å². The first kappa shape index (κ1) is 16.5. The second-order valence-corrected chi connectivity index (χ2v) is 6.14. The van der Waals surface area contributed by atoms with Gasteiger partial charge < -0.3 is 5.32 Å². The summed E-state index contributed by atoms with van der Waals surface area (Å²) in [5.41, 5.74) is 1.24. The smallest absolute Gasteiger partial charge is 0.256 e. The molecule has 3 rings (SSSR count). The number of nitrogens with one attached hydrogen (secondary N) is 1. The number of anilines is 1. The summed E-state index contributed by atoms with van der Waals surface area (Å²) >= 11 is 9.23. The fraction of sp³-hybridized carbons (Fsp3) is 0.0667. The molecule has 24 heavy (non-hydrogen) atoms. The normalized spacial score (nSPS) is 10.7. The molecule has 0 atom stereocenters. The lowest BCUT2D eigenvalue weighted by Crippen LogP contribution is -2.14. The van der Waals surface area contributed by atoms with Crippen molar-refractivity contribution in [2.75, 3.05) is 5.32 Å². The highest BCUT2D eigenvalue weighted by Gasteiger charge is 2.14. The van der Waals surface area contributed by atoms with Crippen LogP contribution in [0.4, 0.5) is 10.1 Å². The van der Waals surface area contributed by atoms with Gasteiger partial charge >= 0.3 is 0 Å². The van der Waals surface area contributed by atoms with E-state index in [1.54, 1.807) is 13.0 Å². The number of pyridine rings is 1. The van der Waals surface area contributed by atoms with Crippen LogP contribution in [0.3, 0.4) is 0 Å². The number of hydrogen-bond acceptors (Lipinski definition) is 4. The number of aromatic nitrogens is 4. The number of nitrogens with zero attached hydrogens (tertiary/aromatic N) is 4. The summed E-state index contributed by atoms with van der Waals surface area (Å²) in [6.07, 6.45) is 4.42. The molecule has 0 radical (unpaired) electrons. The lowest BCUT2D eigenvalue weighted by atomic mass is 10.1. The molecule has 9 heteroatoms. The molecule has 0 aliphatic carbocycles. The third-order valence-corrected chi connectivity index (χ3v) is 4.09. The molecule has 0 fully saturated rings. The summed E-state index contributed by atoms with van der Waals surface area (Å²) in [5, 5.41) is 10.8. The van der Waals surface area contributed by atoms with E-state index in [1.165, 1.54) is 35.5 Å². The Morgan fingerprint density at radius 2 is 2.00 bits per heavy atom. The molecule has 0 saturated heterocycles. The number of amides is 1. The van der Waals surface area contributed by atoms with Gasteiger partial charge in [-0.25, -0.2) is 9.37 Å². The summed E-state index contributed by atoms with van der Waals surface area (Å²) in [7, 11) is 0. The number of carbonyl (C=O) groups excluding carboxylic acids is 1. The van der Waals surface area contributed by atoms with E-state index in [1.807, 2.05) is 0 Å². The van der Waals surface area contributed by atoms with E-state index >= 15 is 0 Å². The molecular weight excluding hydrogens is 401 g/mol. The topological polar surface area (TPSA) is 72.7 Å². The van der Waals surface area contributed by atoms with Crippen molar-refractivity contribution in [3.63, 3.8) is 0 Å². The van der Waals surface area contributed by atoms with Crippen molar-refractivity contribution in [2.24, 2.45) is 0 Å². The second-order valence-electron chi connectivity index (χ2n) is 4.88. The first-order chi connectivity index (χ1) is 11.5. The van der Waals surface area contributed by atoms with Crippen LogP contribution < -0.4 is 5.32 Å². The molecule has 0 spiro atoms. The van der Waals surface area contributed by atoms with E-state index in [2.05, 4.69) is 36.4 Å². The van der Waals surface area contributed by atoms with E-state index in [0.29, 0.717) is 21.5 Å². The predicted octanol–water partition coefficient (Wildman–Crippen LogP) is 3.78. The molecule has 0 aliphatic heterocycles. The van der Waals surface area contributed by atoms with Gasteiger partial charge in [-0.05, 0) is 46.6 Å². The third-order valence-electron chi connectivity index (χ3n) is 3.20. The van der Waals surface area contributed by atoms with Crippen LogP contribution in [0.5, 0.6) is 0 Å². The number of halogens is 3. The van der Waals surface area contributed by atoms with Gasteiger partial charge in [0.15, 0.2) is 5.82 Å². The lowest BCUT2D eigenvalue weighted by molar-refractivity contribution is 0.102. The molecule has 6 nitrogen and oxygen atoms in total. The minimum atomic E-state index is -0.512. The summed E-state index contributed by atoms with van der Waals surface area (Å²) in [6.45, 7) is 1.72. The summed E-state index contributed by atoms with van der Waals surface area (Å²) in [4.78, 5) is 17.7. The van der Waals surface area contributed by atoms with Crippen molar-refractivity contribution in [2.45, 2.75) is 6.92 Å². The van der Waals surface area contributed by atoms with Crippen LogP contribution >= 0.6 is 27.5 Å². The van der Waals surface area contributed by atoms with Crippen LogP contribution in [0.1, 0.15) is 15.9 Å². The molecule has 122 valence electrons. The van der Waals surface area contributed by atoms with Gasteiger partial charge in [0.2, 0.25) is 0 Å². The van der Waals surface area contributed by atoms with Gasteiger partial charge in [-0.15, -0.1) is 4.80 Å². The maximum absolute atomic E-state index is 13.7. The second kappa shape index (κ2) is 6.66. The van der Waals surface area contributed by atoms with Gasteiger partial charge in [-0.2, -0.15) is 10.2 Å². The predicted molar refractivity (Wildman–Crippen MR) is 91.0 cm³/mol. The highest BCUT2D eigenvalue weighted by molar-refractivity contribution is 9.10. The summed E-state index contributed by atoms with van der Waals surface area (Å²) < 4.78 is 14.0. The molecule has 3 aromatic rings. The number of rotatable bonds is 3. The zero-order valence-electron chi connectivity index (χ0n) is 12.3. The Hall–Kier alpha value is -2.32. The fourth-order valence-corrected chi connectivity index (χ4v) is 2.76. The molecular formula is C15H10BrClFN5O. The highest BCUT2D eigenvalue weighted by atomic mass is 79.9. The maximum Gasteiger partial charge on any atom is 0.256 e. The first-order valence-electron chi connectivity index (χ1n) is 6.75. The van der Waals surface area contributed by atoms with Crippen LogP contribution in [0.2, 0.25) is 5.02 Å². The van der Waals surface area contributed by atoms with E-state index in [9.17, 15) is 9.18 Å². The van der Waals surface area contributed by atoms with Crippen LogP contribution in [-0.2, 0) is 0 Å². The average Bonchev–Trinajstić information content (AvgIpc) is 3.05.